The molecule has 29 heavy (non-hydrogen) atoms. The van der Waals surface area contributed by atoms with Crippen LogP contribution in [0, 0.1) is 17.8 Å². The lowest BCUT2D eigenvalue weighted by Crippen LogP contribution is -2.48. The van der Waals surface area contributed by atoms with Crippen LogP contribution >= 0.6 is 0 Å². The van der Waals surface area contributed by atoms with E-state index >= 15 is 0 Å². The highest BCUT2D eigenvalue weighted by molar-refractivity contribution is 7.89. The molecular weight excluding hydrogens is 384 g/mol. The minimum absolute atomic E-state index is 0.0394. The van der Waals surface area contributed by atoms with Gasteiger partial charge in [0, 0.05) is 32.1 Å². The molecule has 0 bridgehead atoms. The van der Waals surface area contributed by atoms with Gasteiger partial charge in [0.2, 0.25) is 15.9 Å². The summed E-state index contributed by atoms with van der Waals surface area (Å²) >= 11 is 0. The lowest BCUT2D eigenvalue weighted by molar-refractivity contribution is -0.139. The highest BCUT2D eigenvalue weighted by atomic mass is 32.2. The molecule has 1 aliphatic carbocycles. The van der Waals surface area contributed by atoms with Gasteiger partial charge in [-0.25, -0.2) is 8.42 Å². The van der Waals surface area contributed by atoms with Gasteiger partial charge in [-0.2, -0.15) is 4.31 Å². The van der Waals surface area contributed by atoms with Crippen LogP contribution in [-0.4, -0.2) is 49.7 Å². The first-order valence-electron chi connectivity index (χ1n) is 11.3. The highest BCUT2D eigenvalue weighted by Crippen LogP contribution is 2.30. The second-order valence-electron chi connectivity index (χ2n) is 9.51. The molecule has 0 saturated carbocycles. The first-order chi connectivity index (χ1) is 13.8. The molecule has 2 atom stereocenters. The van der Waals surface area contributed by atoms with E-state index in [1.54, 1.807) is 10.4 Å². The summed E-state index contributed by atoms with van der Waals surface area (Å²) < 4.78 is 27.9. The van der Waals surface area contributed by atoms with Crippen molar-refractivity contribution < 1.29 is 13.2 Å². The molecule has 4 rings (SSSR count). The van der Waals surface area contributed by atoms with E-state index in [1.165, 1.54) is 24.0 Å². The van der Waals surface area contributed by atoms with E-state index in [1.807, 2.05) is 17.0 Å². The van der Waals surface area contributed by atoms with E-state index in [2.05, 4.69) is 13.8 Å². The topological polar surface area (TPSA) is 57.7 Å². The SMILES string of the molecule is CC1CC(C)CN(C(=O)C2CCN(S(=O)(=O)c3ccc4c(c3)CCCC4)CC2)C1. The van der Waals surface area contributed by atoms with Crippen LogP contribution in [0.1, 0.15) is 57.1 Å². The quantitative estimate of drug-likeness (QED) is 0.755. The van der Waals surface area contributed by atoms with E-state index in [-0.39, 0.29) is 11.8 Å². The largest absolute Gasteiger partial charge is 0.342 e. The number of hydrogen-bond acceptors (Lipinski definition) is 3. The van der Waals surface area contributed by atoms with Gasteiger partial charge in [-0.1, -0.05) is 19.9 Å². The molecule has 0 N–H and O–H groups in total. The lowest BCUT2D eigenvalue weighted by Gasteiger charge is -2.39. The number of rotatable bonds is 3. The summed E-state index contributed by atoms with van der Waals surface area (Å²) in [6, 6.07) is 5.65. The summed E-state index contributed by atoms with van der Waals surface area (Å²) in [5.74, 6) is 1.29. The Bertz CT molecular complexity index is 849. The van der Waals surface area contributed by atoms with Gasteiger partial charge in [-0.3, -0.25) is 4.79 Å². The molecule has 1 aromatic rings. The van der Waals surface area contributed by atoms with Crippen molar-refractivity contribution in [2.75, 3.05) is 26.2 Å². The third-order valence-corrected chi connectivity index (χ3v) is 8.84. The van der Waals surface area contributed by atoms with E-state index in [0.29, 0.717) is 42.7 Å². The normalized spacial score (nSPS) is 26.9. The van der Waals surface area contributed by atoms with Crippen LogP contribution in [0.15, 0.2) is 23.1 Å². The molecule has 2 unspecified atom stereocenters. The Hall–Kier alpha value is -1.40. The molecule has 160 valence electrons. The maximum Gasteiger partial charge on any atom is 0.243 e. The van der Waals surface area contributed by atoms with Crippen LogP contribution in [0.4, 0.5) is 0 Å². The fourth-order valence-electron chi connectivity index (χ4n) is 5.46. The number of aryl methyl sites for hydroxylation is 2. The van der Waals surface area contributed by atoms with Gasteiger partial charge in [0.15, 0.2) is 0 Å². The van der Waals surface area contributed by atoms with Crippen molar-refractivity contribution in [3.63, 3.8) is 0 Å². The Labute approximate surface area is 175 Å². The summed E-state index contributed by atoms with van der Waals surface area (Å²) in [6.45, 7) is 6.99. The molecule has 3 aliphatic rings. The molecule has 6 heteroatoms. The number of sulfonamides is 1. The van der Waals surface area contributed by atoms with Crippen LogP contribution in [-0.2, 0) is 27.7 Å². The number of benzene rings is 1. The molecule has 0 aromatic heterocycles. The predicted octanol–water partition coefficient (Wildman–Crippen LogP) is 3.47. The first kappa shape index (κ1) is 20.9. The van der Waals surface area contributed by atoms with Crippen LogP contribution in [0.5, 0.6) is 0 Å². The number of nitrogens with zero attached hydrogens (tertiary/aromatic N) is 2. The molecule has 2 heterocycles. The number of piperidine rings is 2. The summed E-state index contributed by atoms with van der Waals surface area (Å²) in [7, 11) is -3.48. The van der Waals surface area contributed by atoms with Crippen molar-refractivity contribution in [3.8, 4) is 0 Å². The van der Waals surface area contributed by atoms with Crippen molar-refractivity contribution in [2.45, 2.75) is 63.7 Å². The number of amides is 1. The number of carbonyl (C=O) groups excluding carboxylic acids is 1. The van der Waals surface area contributed by atoms with Gasteiger partial charge in [0.05, 0.1) is 4.90 Å². The minimum atomic E-state index is -3.48. The van der Waals surface area contributed by atoms with Crippen LogP contribution in [0.3, 0.4) is 0 Å². The van der Waals surface area contributed by atoms with Gasteiger partial charge in [-0.15, -0.1) is 0 Å². The Balaban J connectivity index is 1.40. The van der Waals surface area contributed by atoms with E-state index in [4.69, 9.17) is 0 Å². The smallest absolute Gasteiger partial charge is 0.243 e. The second kappa shape index (κ2) is 8.38. The Morgan fingerprint density at radius 1 is 0.966 bits per heavy atom. The van der Waals surface area contributed by atoms with Crippen LogP contribution < -0.4 is 0 Å². The summed E-state index contributed by atoms with van der Waals surface area (Å²) in [5.41, 5.74) is 2.49. The Morgan fingerprint density at radius 3 is 2.24 bits per heavy atom. The van der Waals surface area contributed by atoms with Crippen molar-refractivity contribution in [2.24, 2.45) is 17.8 Å². The van der Waals surface area contributed by atoms with Gasteiger partial charge < -0.3 is 4.90 Å². The number of hydrogen-bond donors (Lipinski definition) is 0. The standard InChI is InChI=1S/C23H34N2O3S/c1-17-13-18(2)16-24(15-17)23(26)20-9-11-25(12-10-20)29(27,28)22-8-7-19-5-3-4-6-21(19)14-22/h7-8,14,17-18,20H,3-6,9-13,15-16H2,1-2H3. The van der Waals surface area contributed by atoms with Crippen molar-refractivity contribution >= 4 is 15.9 Å². The molecular formula is C23H34N2O3S. The third kappa shape index (κ3) is 4.38. The Morgan fingerprint density at radius 2 is 1.59 bits per heavy atom. The number of fused-ring (bicyclic) bond motifs is 1. The zero-order valence-electron chi connectivity index (χ0n) is 17.8. The fourth-order valence-corrected chi connectivity index (χ4v) is 6.98. The van der Waals surface area contributed by atoms with Gasteiger partial charge in [0.25, 0.3) is 0 Å². The molecule has 2 saturated heterocycles. The van der Waals surface area contributed by atoms with E-state index in [0.717, 1.165) is 32.4 Å². The van der Waals surface area contributed by atoms with Gasteiger partial charge in [0.1, 0.15) is 0 Å². The average molecular weight is 419 g/mol. The van der Waals surface area contributed by atoms with E-state index < -0.39 is 10.0 Å². The summed E-state index contributed by atoms with van der Waals surface area (Å²) in [4.78, 5) is 15.4. The molecule has 2 fully saturated rings. The molecule has 2 aliphatic heterocycles. The maximum absolute atomic E-state index is 13.2. The van der Waals surface area contributed by atoms with Crippen LogP contribution in [0.2, 0.25) is 0 Å². The average Bonchev–Trinajstić information content (AvgIpc) is 2.72. The summed E-state index contributed by atoms with van der Waals surface area (Å²) in [6.07, 6.45) is 6.79. The van der Waals surface area contributed by atoms with Gasteiger partial charge >= 0.3 is 0 Å². The fraction of sp³-hybridized carbons (Fsp3) is 0.696. The first-order valence-corrected chi connectivity index (χ1v) is 12.7. The molecule has 1 aromatic carbocycles. The monoisotopic (exact) mass is 418 g/mol. The van der Waals surface area contributed by atoms with Crippen molar-refractivity contribution in [3.05, 3.63) is 29.3 Å². The molecule has 1 amide bonds. The highest BCUT2D eigenvalue weighted by Gasteiger charge is 2.35. The van der Waals surface area contributed by atoms with Crippen molar-refractivity contribution in [1.29, 1.82) is 0 Å². The Kier molecular flexibility index (Phi) is 6.03. The molecule has 0 radical (unpaired) electrons. The summed E-state index contributed by atoms with van der Waals surface area (Å²) in [5, 5.41) is 0. The van der Waals surface area contributed by atoms with Crippen LogP contribution in [0.25, 0.3) is 0 Å². The van der Waals surface area contributed by atoms with Crippen molar-refractivity contribution in [1.82, 2.24) is 9.21 Å². The number of carbonyl (C=O) groups is 1. The maximum atomic E-state index is 13.2. The van der Waals surface area contributed by atoms with E-state index in [9.17, 15) is 13.2 Å². The zero-order chi connectivity index (χ0) is 20.6. The third-order valence-electron chi connectivity index (χ3n) is 6.94. The molecule has 5 nitrogen and oxygen atoms in total. The zero-order valence-corrected chi connectivity index (χ0v) is 18.6. The minimum Gasteiger partial charge on any atom is -0.342 e. The number of likely N-dealkylation sites (tertiary alicyclic amines) is 1. The van der Waals surface area contributed by atoms with Gasteiger partial charge in [-0.05, 0) is 80.0 Å². The lowest BCUT2D eigenvalue weighted by atomic mass is 9.89. The predicted molar refractivity (Wildman–Crippen MR) is 114 cm³/mol. The second-order valence-corrected chi connectivity index (χ2v) is 11.4. The molecule has 0 spiro atoms.